The van der Waals surface area contributed by atoms with Gasteiger partial charge in [-0.05, 0) is 49.7 Å². The summed E-state index contributed by atoms with van der Waals surface area (Å²) in [5, 5.41) is 37.5. The van der Waals surface area contributed by atoms with Gasteiger partial charge in [0.05, 0.1) is 33.6 Å². The summed E-state index contributed by atoms with van der Waals surface area (Å²) in [7, 11) is 0. The van der Waals surface area contributed by atoms with Crippen molar-refractivity contribution < 1.29 is 19.7 Å². The van der Waals surface area contributed by atoms with Crippen LogP contribution in [0.4, 0.5) is 21.8 Å². The fourth-order valence-electron chi connectivity index (χ4n) is 4.26. The molecule has 0 saturated heterocycles. The SMILES string of the molecule is Cc1nc(Nc2ccc(F)cc2)nc(N[C@@H]2C[C@H](CO)[C@@H](O)[C@H]2O)c1-c1nc2ccccc2s1. The molecule has 176 valence electrons. The highest BCUT2D eigenvalue weighted by molar-refractivity contribution is 7.21. The molecule has 0 aliphatic heterocycles. The van der Waals surface area contributed by atoms with E-state index in [1.165, 1.54) is 23.5 Å². The number of nitrogens with one attached hydrogen (secondary N) is 2. The van der Waals surface area contributed by atoms with Crippen molar-refractivity contribution >= 4 is 39.0 Å². The monoisotopic (exact) mass is 481 g/mol. The number of para-hydroxylation sites is 1. The molecule has 2 aromatic carbocycles. The van der Waals surface area contributed by atoms with Crippen LogP contribution in [0.25, 0.3) is 20.8 Å². The van der Waals surface area contributed by atoms with E-state index in [4.69, 9.17) is 4.98 Å². The second-order valence-electron chi connectivity index (χ2n) is 8.39. The Labute approximate surface area is 199 Å². The molecule has 4 aromatic rings. The number of aliphatic hydroxyl groups is 3. The van der Waals surface area contributed by atoms with Crippen LogP contribution in [0.15, 0.2) is 48.5 Å². The first-order valence-corrected chi connectivity index (χ1v) is 11.8. The number of hydrogen-bond donors (Lipinski definition) is 5. The third-order valence-corrected chi connectivity index (χ3v) is 7.11. The molecular weight excluding hydrogens is 457 g/mol. The topological polar surface area (TPSA) is 123 Å². The zero-order valence-electron chi connectivity index (χ0n) is 18.3. The van der Waals surface area contributed by atoms with Crippen LogP contribution >= 0.6 is 11.3 Å². The summed E-state index contributed by atoms with van der Waals surface area (Å²) in [5.74, 6) is -0.0317. The Morgan fingerprint density at radius 3 is 2.50 bits per heavy atom. The van der Waals surface area contributed by atoms with Gasteiger partial charge in [0.1, 0.15) is 22.7 Å². The number of rotatable bonds is 6. The highest BCUT2D eigenvalue weighted by Crippen LogP contribution is 2.38. The van der Waals surface area contributed by atoms with Crippen molar-refractivity contribution in [2.45, 2.75) is 31.6 Å². The maximum absolute atomic E-state index is 13.3. The summed E-state index contributed by atoms with van der Waals surface area (Å²) in [6.45, 7) is 1.63. The molecule has 1 aliphatic carbocycles. The lowest BCUT2D eigenvalue weighted by atomic mass is 10.1. The summed E-state index contributed by atoms with van der Waals surface area (Å²) in [4.78, 5) is 14.0. The average molecular weight is 482 g/mol. The molecule has 1 aliphatic rings. The molecule has 34 heavy (non-hydrogen) atoms. The van der Waals surface area contributed by atoms with E-state index in [1.54, 1.807) is 12.1 Å². The maximum atomic E-state index is 13.3. The largest absolute Gasteiger partial charge is 0.396 e. The summed E-state index contributed by atoms with van der Waals surface area (Å²) in [6.07, 6.45) is -1.72. The minimum Gasteiger partial charge on any atom is -0.396 e. The predicted molar refractivity (Wildman–Crippen MR) is 130 cm³/mol. The van der Waals surface area contributed by atoms with E-state index in [9.17, 15) is 19.7 Å². The van der Waals surface area contributed by atoms with Gasteiger partial charge >= 0.3 is 0 Å². The zero-order valence-corrected chi connectivity index (χ0v) is 19.1. The van der Waals surface area contributed by atoms with Crippen molar-refractivity contribution in [2.24, 2.45) is 5.92 Å². The normalized spacial score (nSPS) is 22.3. The van der Waals surface area contributed by atoms with Gasteiger partial charge in [0.25, 0.3) is 0 Å². The molecule has 2 heterocycles. The molecule has 1 saturated carbocycles. The van der Waals surface area contributed by atoms with Crippen molar-refractivity contribution in [3.8, 4) is 10.6 Å². The van der Waals surface area contributed by atoms with Crippen molar-refractivity contribution in [2.75, 3.05) is 17.2 Å². The number of thiazole rings is 1. The number of benzene rings is 2. The van der Waals surface area contributed by atoms with E-state index in [0.29, 0.717) is 35.1 Å². The van der Waals surface area contributed by atoms with E-state index < -0.39 is 24.2 Å². The molecule has 4 atom stereocenters. The standard InChI is InChI=1S/C24H24FN5O3S/c1-12-19(23-29-16-4-2-3-5-18(16)34-23)22(28-17-10-13(11-31)20(32)21(17)33)30-24(26-12)27-15-8-6-14(25)7-9-15/h2-9,13,17,20-21,31-33H,10-11H2,1H3,(H2,26,27,28,30)/t13-,17-,20-,21+/m1/s1. The number of aryl methyl sites for hydroxylation is 1. The Balaban J connectivity index is 1.56. The van der Waals surface area contributed by atoms with Crippen LogP contribution in [0.3, 0.4) is 0 Å². The van der Waals surface area contributed by atoms with Crippen LogP contribution in [0.2, 0.25) is 0 Å². The van der Waals surface area contributed by atoms with E-state index >= 15 is 0 Å². The van der Waals surface area contributed by atoms with Gasteiger partial charge in [0.2, 0.25) is 5.95 Å². The molecule has 5 rings (SSSR count). The first-order valence-electron chi connectivity index (χ1n) is 10.9. The Kier molecular flexibility index (Phi) is 6.13. The van der Waals surface area contributed by atoms with Crippen LogP contribution in [0.1, 0.15) is 12.1 Å². The smallest absolute Gasteiger partial charge is 0.229 e. The van der Waals surface area contributed by atoms with E-state index in [0.717, 1.165) is 15.2 Å². The predicted octanol–water partition coefficient (Wildman–Crippen LogP) is 3.46. The number of aliphatic hydroxyl groups excluding tert-OH is 3. The Hall–Kier alpha value is -3.18. The summed E-state index contributed by atoms with van der Waals surface area (Å²) >= 11 is 1.51. The van der Waals surface area contributed by atoms with Crippen LogP contribution in [-0.4, -0.2) is 55.1 Å². The fraction of sp³-hybridized carbons (Fsp3) is 0.292. The van der Waals surface area contributed by atoms with Crippen LogP contribution < -0.4 is 10.6 Å². The lowest BCUT2D eigenvalue weighted by molar-refractivity contribution is 0.00446. The average Bonchev–Trinajstić information content (AvgIpc) is 3.36. The van der Waals surface area contributed by atoms with Gasteiger partial charge in [-0.25, -0.2) is 14.4 Å². The van der Waals surface area contributed by atoms with Crippen LogP contribution in [0, 0.1) is 18.7 Å². The van der Waals surface area contributed by atoms with Crippen molar-refractivity contribution in [3.05, 3.63) is 60.0 Å². The van der Waals surface area contributed by atoms with Gasteiger partial charge in [0.15, 0.2) is 0 Å². The lowest BCUT2D eigenvalue weighted by Crippen LogP contribution is -2.35. The fourth-order valence-corrected chi connectivity index (χ4v) is 5.32. The number of halogens is 1. The molecule has 0 amide bonds. The molecule has 0 spiro atoms. The summed E-state index contributed by atoms with van der Waals surface area (Å²) in [5.41, 5.74) is 2.84. The number of fused-ring (bicyclic) bond motifs is 1. The second-order valence-corrected chi connectivity index (χ2v) is 9.42. The van der Waals surface area contributed by atoms with Gasteiger partial charge in [-0.2, -0.15) is 4.98 Å². The van der Waals surface area contributed by atoms with E-state index in [-0.39, 0.29) is 12.4 Å². The Morgan fingerprint density at radius 1 is 1.03 bits per heavy atom. The van der Waals surface area contributed by atoms with Crippen LogP contribution in [0.5, 0.6) is 0 Å². The van der Waals surface area contributed by atoms with Gasteiger partial charge in [-0.3, -0.25) is 0 Å². The number of anilines is 3. The van der Waals surface area contributed by atoms with Gasteiger partial charge < -0.3 is 26.0 Å². The molecule has 2 aromatic heterocycles. The zero-order chi connectivity index (χ0) is 23.8. The third-order valence-electron chi connectivity index (χ3n) is 6.06. The van der Waals surface area contributed by atoms with Gasteiger partial charge in [0, 0.05) is 18.2 Å². The highest BCUT2D eigenvalue weighted by Gasteiger charge is 2.41. The van der Waals surface area contributed by atoms with Crippen molar-refractivity contribution in [1.29, 1.82) is 0 Å². The van der Waals surface area contributed by atoms with Gasteiger partial charge in [-0.1, -0.05) is 12.1 Å². The maximum Gasteiger partial charge on any atom is 0.229 e. The van der Waals surface area contributed by atoms with Crippen molar-refractivity contribution in [3.63, 3.8) is 0 Å². The van der Waals surface area contributed by atoms with Crippen LogP contribution in [-0.2, 0) is 0 Å². The van der Waals surface area contributed by atoms with Crippen molar-refractivity contribution in [1.82, 2.24) is 15.0 Å². The first-order chi connectivity index (χ1) is 16.4. The van der Waals surface area contributed by atoms with E-state index in [1.807, 2.05) is 31.2 Å². The molecule has 0 unspecified atom stereocenters. The molecule has 8 nitrogen and oxygen atoms in total. The van der Waals surface area contributed by atoms with Gasteiger partial charge in [-0.15, -0.1) is 11.3 Å². The molecule has 10 heteroatoms. The third kappa shape index (κ3) is 4.32. The highest BCUT2D eigenvalue weighted by atomic mass is 32.1. The first kappa shape index (κ1) is 22.6. The molecule has 0 bridgehead atoms. The minimum atomic E-state index is -1.07. The number of hydrogen-bond acceptors (Lipinski definition) is 9. The summed E-state index contributed by atoms with van der Waals surface area (Å²) in [6, 6.07) is 13.2. The summed E-state index contributed by atoms with van der Waals surface area (Å²) < 4.78 is 14.3. The quantitative estimate of drug-likeness (QED) is 0.284. The molecule has 0 radical (unpaired) electrons. The Bertz CT molecular complexity index is 1280. The minimum absolute atomic E-state index is 0.221. The second kappa shape index (κ2) is 9.22. The molecule has 5 N–H and O–H groups in total. The lowest BCUT2D eigenvalue weighted by Gasteiger charge is -2.21. The Morgan fingerprint density at radius 2 is 1.79 bits per heavy atom. The number of nitrogens with zero attached hydrogens (tertiary/aromatic N) is 3. The molecular formula is C24H24FN5O3S. The molecule has 1 fully saturated rings. The number of aromatic nitrogens is 3. The van der Waals surface area contributed by atoms with E-state index in [2.05, 4.69) is 20.6 Å².